The first kappa shape index (κ1) is 10.3. The van der Waals surface area contributed by atoms with Gasteiger partial charge in [-0.25, -0.2) is 4.79 Å². The van der Waals surface area contributed by atoms with Gasteiger partial charge in [0.1, 0.15) is 0 Å². The van der Waals surface area contributed by atoms with Crippen molar-refractivity contribution in [3.05, 3.63) is 0 Å². The number of nitrogens with one attached hydrogen (secondary N) is 1. The van der Waals surface area contributed by atoms with Crippen LogP contribution in [0.15, 0.2) is 0 Å². The van der Waals surface area contributed by atoms with Gasteiger partial charge in [0.05, 0.1) is 6.42 Å². The van der Waals surface area contributed by atoms with Crippen LogP contribution in [0.3, 0.4) is 0 Å². The summed E-state index contributed by atoms with van der Waals surface area (Å²) in [4.78, 5) is 24.0. The fraction of sp³-hybridized carbons (Fsp3) is 0.800. The summed E-state index contributed by atoms with van der Waals surface area (Å²) in [5.41, 5.74) is 0. The number of carbonyl (C=O) groups excluding carboxylic acids is 1. The molecule has 2 rings (SSSR count). The average Bonchev–Trinajstić information content (AvgIpc) is 2.83. The zero-order valence-corrected chi connectivity index (χ0v) is 8.61. The van der Waals surface area contributed by atoms with Crippen molar-refractivity contribution in [2.75, 3.05) is 6.54 Å². The summed E-state index contributed by atoms with van der Waals surface area (Å²) >= 11 is 0. The minimum atomic E-state index is -0.828. The van der Waals surface area contributed by atoms with Crippen LogP contribution in [0.4, 0.5) is 4.79 Å². The normalized spacial score (nSPS) is 25.3. The predicted molar refractivity (Wildman–Crippen MR) is 53.5 cm³/mol. The van der Waals surface area contributed by atoms with Crippen molar-refractivity contribution in [3.8, 4) is 0 Å². The van der Waals surface area contributed by atoms with Crippen molar-refractivity contribution in [2.24, 2.45) is 0 Å². The van der Waals surface area contributed by atoms with Crippen molar-refractivity contribution >= 4 is 12.0 Å². The van der Waals surface area contributed by atoms with Crippen molar-refractivity contribution in [1.82, 2.24) is 10.2 Å². The molecule has 1 aliphatic heterocycles. The van der Waals surface area contributed by atoms with Gasteiger partial charge in [-0.3, -0.25) is 4.79 Å². The topological polar surface area (TPSA) is 69.6 Å². The summed E-state index contributed by atoms with van der Waals surface area (Å²) in [5, 5.41) is 11.6. The highest BCUT2D eigenvalue weighted by molar-refractivity contribution is 5.77. The lowest BCUT2D eigenvalue weighted by atomic mass is 10.1. The van der Waals surface area contributed by atoms with Gasteiger partial charge in [-0.2, -0.15) is 0 Å². The summed E-state index contributed by atoms with van der Waals surface area (Å²) in [7, 11) is 0. The maximum Gasteiger partial charge on any atom is 0.317 e. The van der Waals surface area contributed by atoms with Gasteiger partial charge >= 0.3 is 12.0 Å². The van der Waals surface area contributed by atoms with Gasteiger partial charge in [0.2, 0.25) is 0 Å². The Bertz CT molecular complexity index is 276. The summed E-state index contributed by atoms with van der Waals surface area (Å²) < 4.78 is 0. The molecule has 5 heteroatoms. The van der Waals surface area contributed by atoms with E-state index in [4.69, 9.17) is 5.11 Å². The van der Waals surface area contributed by atoms with E-state index in [1.165, 1.54) is 0 Å². The van der Waals surface area contributed by atoms with E-state index in [-0.39, 0.29) is 18.5 Å². The van der Waals surface area contributed by atoms with Crippen LogP contribution in [-0.4, -0.2) is 40.6 Å². The SMILES string of the molecule is O=C(O)CC1CCCN1C(=O)NC1CC1. The maximum absolute atomic E-state index is 11.7. The first-order valence-corrected chi connectivity index (χ1v) is 5.46. The van der Waals surface area contributed by atoms with Gasteiger partial charge in [-0.15, -0.1) is 0 Å². The molecule has 0 radical (unpaired) electrons. The van der Waals surface area contributed by atoms with E-state index in [1.54, 1.807) is 4.90 Å². The molecule has 1 atom stereocenters. The van der Waals surface area contributed by atoms with Crippen molar-refractivity contribution in [3.63, 3.8) is 0 Å². The molecule has 0 aromatic rings. The second kappa shape index (κ2) is 4.08. The van der Waals surface area contributed by atoms with E-state index < -0.39 is 5.97 Å². The van der Waals surface area contributed by atoms with E-state index in [9.17, 15) is 9.59 Å². The highest BCUT2D eigenvalue weighted by Gasteiger charge is 2.33. The smallest absolute Gasteiger partial charge is 0.317 e. The van der Waals surface area contributed by atoms with Crippen LogP contribution in [0.1, 0.15) is 32.1 Å². The van der Waals surface area contributed by atoms with Crippen LogP contribution < -0.4 is 5.32 Å². The standard InChI is InChI=1S/C10H16N2O3/c13-9(14)6-8-2-1-5-12(8)10(15)11-7-3-4-7/h7-8H,1-6H2,(H,11,15)(H,13,14). The van der Waals surface area contributed by atoms with Crippen LogP contribution in [0.25, 0.3) is 0 Å². The third-order valence-corrected chi connectivity index (χ3v) is 2.95. The summed E-state index contributed by atoms with van der Waals surface area (Å²) in [6, 6.07) is 0.145. The Morgan fingerprint density at radius 3 is 2.67 bits per heavy atom. The molecule has 0 aromatic heterocycles. The zero-order valence-electron chi connectivity index (χ0n) is 8.61. The number of aliphatic carboxylic acids is 1. The van der Waals surface area contributed by atoms with E-state index in [2.05, 4.69) is 5.32 Å². The molecule has 0 spiro atoms. The number of urea groups is 1. The molecule has 2 aliphatic rings. The zero-order chi connectivity index (χ0) is 10.8. The Labute approximate surface area is 88.4 Å². The van der Waals surface area contributed by atoms with Crippen LogP contribution in [-0.2, 0) is 4.79 Å². The molecule has 5 nitrogen and oxygen atoms in total. The van der Waals surface area contributed by atoms with Gasteiger partial charge in [0.15, 0.2) is 0 Å². The van der Waals surface area contributed by atoms with Crippen molar-refractivity contribution in [2.45, 2.75) is 44.2 Å². The Morgan fingerprint density at radius 1 is 1.33 bits per heavy atom. The lowest BCUT2D eigenvalue weighted by molar-refractivity contribution is -0.137. The monoisotopic (exact) mass is 212 g/mol. The molecule has 1 aliphatic carbocycles. The van der Waals surface area contributed by atoms with Crippen LogP contribution in [0, 0.1) is 0 Å². The van der Waals surface area contributed by atoms with Gasteiger partial charge in [0, 0.05) is 18.6 Å². The number of nitrogens with zero attached hydrogens (tertiary/aromatic N) is 1. The van der Waals surface area contributed by atoms with E-state index >= 15 is 0 Å². The first-order valence-electron chi connectivity index (χ1n) is 5.46. The number of likely N-dealkylation sites (tertiary alicyclic amines) is 1. The van der Waals surface area contributed by atoms with Gasteiger partial charge in [-0.05, 0) is 25.7 Å². The summed E-state index contributed by atoms with van der Waals surface area (Å²) in [5.74, 6) is -0.828. The predicted octanol–water partition coefficient (Wildman–Crippen LogP) is 0.797. The molecule has 15 heavy (non-hydrogen) atoms. The van der Waals surface area contributed by atoms with E-state index in [0.29, 0.717) is 12.6 Å². The maximum atomic E-state index is 11.7. The molecule has 2 fully saturated rings. The number of hydrogen-bond acceptors (Lipinski definition) is 2. The molecule has 2 N–H and O–H groups in total. The van der Waals surface area contributed by atoms with Gasteiger partial charge in [-0.1, -0.05) is 0 Å². The van der Waals surface area contributed by atoms with Crippen molar-refractivity contribution < 1.29 is 14.7 Å². The highest BCUT2D eigenvalue weighted by atomic mass is 16.4. The number of amides is 2. The number of carboxylic acids is 1. The minimum Gasteiger partial charge on any atom is -0.481 e. The summed E-state index contributed by atoms with van der Waals surface area (Å²) in [6.07, 6.45) is 3.91. The number of carbonyl (C=O) groups is 2. The molecule has 1 heterocycles. The van der Waals surface area contributed by atoms with Crippen molar-refractivity contribution in [1.29, 1.82) is 0 Å². The van der Waals surface area contributed by atoms with Gasteiger partial charge < -0.3 is 15.3 Å². The number of hydrogen-bond donors (Lipinski definition) is 2. The number of rotatable bonds is 3. The highest BCUT2D eigenvalue weighted by Crippen LogP contribution is 2.23. The molecular formula is C10H16N2O3. The quantitative estimate of drug-likeness (QED) is 0.727. The lowest BCUT2D eigenvalue weighted by Gasteiger charge is -2.23. The van der Waals surface area contributed by atoms with Crippen LogP contribution >= 0.6 is 0 Å². The Balaban J connectivity index is 1.87. The second-order valence-electron chi connectivity index (χ2n) is 4.31. The second-order valence-corrected chi connectivity index (χ2v) is 4.31. The molecule has 1 unspecified atom stereocenters. The first-order chi connectivity index (χ1) is 7.16. The van der Waals surface area contributed by atoms with Crippen LogP contribution in [0.5, 0.6) is 0 Å². The third-order valence-electron chi connectivity index (χ3n) is 2.95. The summed E-state index contributed by atoms with van der Waals surface area (Å²) in [6.45, 7) is 0.691. The Kier molecular flexibility index (Phi) is 2.79. The molecule has 1 saturated carbocycles. The minimum absolute atomic E-state index is 0.0675. The average molecular weight is 212 g/mol. The fourth-order valence-corrected chi connectivity index (χ4v) is 2.00. The number of carboxylic acid groups (broad SMARTS) is 1. The largest absolute Gasteiger partial charge is 0.481 e. The van der Waals surface area contributed by atoms with E-state index in [1.807, 2.05) is 0 Å². The molecular weight excluding hydrogens is 196 g/mol. The van der Waals surface area contributed by atoms with Crippen LogP contribution in [0.2, 0.25) is 0 Å². The van der Waals surface area contributed by atoms with E-state index in [0.717, 1.165) is 25.7 Å². The molecule has 84 valence electrons. The third kappa shape index (κ3) is 2.61. The molecule has 2 amide bonds. The molecule has 1 saturated heterocycles. The van der Waals surface area contributed by atoms with Gasteiger partial charge in [0.25, 0.3) is 0 Å². The molecule has 0 aromatic carbocycles. The Morgan fingerprint density at radius 2 is 2.07 bits per heavy atom. The molecule has 0 bridgehead atoms. The lowest BCUT2D eigenvalue weighted by Crippen LogP contribution is -2.44. The fourth-order valence-electron chi connectivity index (χ4n) is 2.00. The Hall–Kier alpha value is -1.26.